The molecule has 0 aromatic heterocycles. The molecule has 100 valence electrons. The van der Waals surface area contributed by atoms with Crippen LogP contribution in [0.15, 0.2) is 18.2 Å². The standard InChI is InChI=1S/C12H14ClF3N2/c13-10-5-1-4-9(12(14,15)16)11(10)18-7-8-3-2-6-17-8/h1,4-5,8,17-18H,2-3,6-7H2. The van der Waals surface area contributed by atoms with Crippen molar-refractivity contribution >= 4 is 17.3 Å². The molecule has 1 fully saturated rings. The Kier molecular flexibility index (Phi) is 4.02. The molecular weight excluding hydrogens is 265 g/mol. The van der Waals surface area contributed by atoms with Crippen molar-refractivity contribution in [2.75, 3.05) is 18.4 Å². The van der Waals surface area contributed by atoms with Crippen LogP contribution in [0.1, 0.15) is 18.4 Å². The summed E-state index contributed by atoms with van der Waals surface area (Å²) in [4.78, 5) is 0. The van der Waals surface area contributed by atoms with Crippen molar-refractivity contribution in [3.05, 3.63) is 28.8 Å². The average molecular weight is 279 g/mol. The van der Waals surface area contributed by atoms with Gasteiger partial charge >= 0.3 is 6.18 Å². The number of rotatable bonds is 3. The maximum absolute atomic E-state index is 12.8. The summed E-state index contributed by atoms with van der Waals surface area (Å²) >= 11 is 5.84. The van der Waals surface area contributed by atoms with Gasteiger partial charge in [0.15, 0.2) is 0 Å². The zero-order valence-corrected chi connectivity index (χ0v) is 10.4. The van der Waals surface area contributed by atoms with Crippen LogP contribution in [0.25, 0.3) is 0 Å². The van der Waals surface area contributed by atoms with Crippen molar-refractivity contribution in [2.45, 2.75) is 25.1 Å². The minimum Gasteiger partial charge on any atom is -0.382 e. The van der Waals surface area contributed by atoms with Gasteiger partial charge in [-0.25, -0.2) is 0 Å². The number of hydrogen-bond acceptors (Lipinski definition) is 2. The zero-order chi connectivity index (χ0) is 13.2. The maximum atomic E-state index is 12.8. The lowest BCUT2D eigenvalue weighted by Gasteiger charge is -2.18. The Morgan fingerprint density at radius 2 is 2.17 bits per heavy atom. The molecule has 1 aliphatic heterocycles. The lowest BCUT2D eigenvalue weighted by Crippen LogP contribution is -2.30. The summed E-state index contributed by atoms with van der Waals surface area (Å²) < 4.78 is 38.4. The van der Waals surface area contributed by atoms with Crippen molar-refractivity contribution in [3.63, 3.8) is 0 Å². The van der Waals surface area contributed by atoms with Gasteiger partial charge in [-0.1, -0.05) is 17.7 Å². The minimum absolute atomic E-state index is 0.0274. The summed E-state index contributed by atoms with van der Waals surface area (Å²) in [5.41, 5.74) is -0.742. The fourth-order valence-electron chi connectivity index (χ4n) is 2.10. The van der Waals surface area contributed by atoms with E-state index in [9.17, 15) is 13.2 Å². The van der Waals surface area contributed by atoms with Crippen LogP contribution in [-0.4, -0.2) is 19.1 Å². The molecule has 0 bridgehead atoms. The molecule has 0 radical (unpaired) electrons. The quantitative estimate of drug-likeness (QED) is 0.884. The van der Waals surface area contributed by atoms with Gasteiger partial charge in [-0.15, -0.1) is 0 Å². The highest BCUT2D eigenvalue weighted by Crippen LogP contribution is 2.38. The Bertz CT molecular complexity index is 414. The van der Waals surface area contributed by atoms with Crippen molar-refractivity contribution in [3.8, 4) is 0 Å². The van der Waals surface area contributed by atoms with Gasteiger partial charge in [0.05, 0.1) is 16.3 Å². The summed E-state index contributed by atoms with van der Waals surface area (Å²) in [7, 11) is 0. The molecule has 1 aromatic carbocycles. The third-order valence-electron chi connectivity index (χ3n) is 3.01. The first-order valence-corrected chi connectivity index (χ1v) is 6.19. The highest BCUT2D eigenvalue weighted by Gasteiger charge is 2.34. The topological polar surface area (TPSA) is 24.1 Å². The smallest absolute Gasteiger partial charge is 0.382 e. The highest BCUT2D eigenvalue weighted by molar-refractivity contribution is 6.33. The van der Waals surface area contributed by atoms with E-state index in [1.165, 1.54) is 12.1 Å². The van der Waals surface area contributed by atoms with Gasteiger partial charge in [-0.2, -0.15) is 13.2 Å². The first-order chi connectivity index (χ1) is 8.48. The Morgan fingerprint density at radius 1 is 1.39 bits per heavy atom. The SMILES string of the molecule is FC(F)(F)c1cccc(Cl)c1NCC1CCCN1. The molecule has 0 saturated carbocycles. The third-order valence-corrected chi connectivity index (χ3v) is 3.32. The van der Waals surface area contributed by atoms with Gasteiger partial charge < -0.3 is 10.6 Å². The van der Waals surface area contributed by atoms with Gasteiger partial charge in [0.1, 0.15) is 0 Å². The van der Waals surface area contributed by atoms with Crippen LogP contribution in [0.4, 0.5) is 18.9 Å². The van der Waals surface area contributed by atoms with Crippen LogP contribution in [0.3, 0.4) is 0 Å². The molecule has 0 spiro atoms. The fourth-order valence-corrected chi connectivity index (χ4v) is 2.34. The molecule has 1 heterocycles. The Morgan fingerprint density at radius 3 is 2.78 bits per heavy atom. The fraction of sp³-hybridized carbons (Fsp3) is 0.500. The van der Waals surface area contributed by atoms with Gasteiger partial charge in [0.25, 0.3) is 0 Å². The maximum Gasteiger partial charge on any atom is 0.418 e. The second-order valence-corrected chi connectivity index (χ2v) is 4.74. The second-order valence-electron chi connectivity index (χ2n) is 4.33. The molecule has 2 rings (SSSR count). The summed E-state index contributed by atoms with van der Waals surface area (Å²) in [5, 5.41) is 6.13. The number of halogens is 4. The molecule has 6 heteroatoms. The van der Waals surface area contributed by atoms with Crippen molar-refractivity contribution < 1.29 is 13.2 Å². The largest absolute Gasteiger partial charge is 0.418 e. The van der Waals surface area contributed by atoms with E-state index >= 15 is 0 Å². The van der Waals surface area contributed by atoms with Gasteiger partial charge in [-0.3, -0.25) is 0 Å². The van der Waals surface area contributed by atoms with E-state index in [0.29, 0.717) is 6.54 Å². The first kappa shape index (κ1) is 13.5. The summed E-state index contributed by atoms with van der Waals surface area (Å²) in [6, 6.07) is 4.02. The monoisotopic (exact) mass is 278 g/mol. The van der Waals surface area contributed by atoms with Crippen LogP contribution in [0.2, 0.25) is 5.02 Å². The van der Waals surface area contributed by atoms with Crippen LogP contribution in [0.5, 0.6) is 0 Å². The average Bonchev–Trinajstić information content (AvgIpc) is 2.78. The first-order valence-electron chi connectivity index (χ1n) is 5.81. The van der Waals surface area contributed by atoms with Crippen molar-refractivity contribution in [1.82, 2.24) is 5.32 Å². The molecule has 18 heavy (non-hydrogen) atoms. The number of anilines is 1. The van der Waals surface area contributed by atoms with E-state index in [4.69, 9.17) is 11.6 Å². The minimum atomic E-state index is -4.39. The molecule has 1 aliphatic rings. The highest BCUT2D eigenvalue weighted by atomic mass is 35.5. The van der Waals surface area contributed by atoms with E-state index in [-0.39, 0.29) is 16.8 Å². The summed E-state index contributed by atoms with van der Waals surface area (Å²) in [6.07, 6.45) is -2.36. The lowest BCUT2D eigenvalue weighted by molar-refractivity contribution is -0.136. The van der Waals surface area contributed by atoms with Crippen molar-refractivity contribution in [1.29, 1.82) is 0 Å². The van der Waals surface area contributed by atoms with E-state index in [0.717, 1.165) is 25.5 Å². The molecule has 2 N–H and O–H groups in total. The molecule has 2 nitrogen and oxygen atoms in total. The van der Waals surface area contributed by atoms with Crippen LogP contribution >= 0.6 is 11.6 Å². The normalized spacial score (nSPS) is 20.1. The van der Waals surface area contributed by atoms with E-state index in [1.807, 2.05) is 0 Å². The molecule has 1 atom stereocenters. The molecule has 0 amide bonds. The predicted molar refractivity (Wildman–Crippen MR) is 66.0 cm³/mol. The van der Waals surface area contributed by atoms with E-state index in [1.54, 1.807) is 0 Å². The number of alkyl halides is 3. The molecule has 1 aromatic rings. The number of para-hydroxylation sites is 1. The second kappa shape index (κ2) is 5.36. The molecule has 0 aliphatic carbocycles. The zero-order valence-electron chi connectivity index (χ0n) is 9.65. The number of hydrogen-bond donors (Lipinski definition) is 2. The third kappa shape index (κ3) is 3.09. The number of benzene rings is 1. The molecule has 1 saturated heterocycles. The Labute approximate surface area is 109 Å². The van der Waals surface area contributed by atoms with Gasteiger partial charge in [0, 0.05) is 12.6 Å². The van der Waals surface area contributed by atoms with Gasteiger partial charge in [-0.05, 0) is 31.5 Å². The predicted octanol–water partition coefficient (Wildman–Crippen LogP) is 3.52. The van der Waals surface area contributed by atoms with Crippen LogP contribution in [0, 0.1) is 0 Å². The molecular formula is C12H14ClF3N2. The molecule has 1 unspecified atom stereocenters. The van der Waals surface area contributed by atoms with Crippen molar-refractivity contribution in [2.24, 2.45) is 0 Å². The Hall–Kier alpha value is -0.940. The van der Waals surface area contributed by atoms with Crippen LogP contribution in [-0.2, 0) is 6.18 Å². The van der Waals surface area contributed by atoms with Crippen LogP contribution < -0.4 is 10.6 Å². The number of nitrogens with one attached hydrogen (secondary N) is 2. The van der Waals surface area contributed by atoms with E-state index < -0.39 is 11.7 Å². The summed E-state index contributed by atoms with van der Waals surface area (Å²) in [5.74, 6) is 0. The van der Waals surface area contributed by atoms with Gasteiger partial charge in [0.2, 0.25) is 0 Å². The van der Waals surface area contributed by atoms with E-state index in [2.05, 4.69) is 10.6 Å². The lowest BCUT2D eigenvalue weighted by atomic mass is 10.1. The summed E-state index contributed by atoms with van der Waals surface area (Å²) in [6.45, 7) is 1.37. The Balaban J connectivity index is 2.14.